The number of halogens is 2. The third-order valence-electron chi connectivity index (χ3n) is 2.20. The van der Waals surface area contributed by atoms with E-state index in [0.29, 0.717) is 5.56 Å². The molecule has 2 aromatic rings. The first-order valence-corrected chi connectivity index (χ1v) is 5.16. The number of anilines is 1. The third-order valence-corrected chi connectivity index (χ3v) is 2.49. The minimum Gasteiger partial charge on any atom is -0.435 e. The summed E-state index contributed by atoms with van der Waals surface area (Å²) in [5.41, 5.74) is 6.14. The Balaban J connectivity index is 2.38. The number of benzene rings is 1. The van der Waals surface area contributed by atoms with Crippen molar-refractivity contribution in [2.45, 2.75) is 6.92 Å². The van der Waals surface area contributed by atoms with Gasteiger partial charge < -0.3 is 10.5 Å². The molecule has 0 fully saturated rings. The Morgan fingerprint density at radius 1 is 1.35 bits per heavy atom. The predicted octanol–water partition coefficient (Wildman–Crippen LogP) is 2.95. The number of nitrogens with zero attached hydrogens (tertiary/aromatic N) is 2. The lowest BCUT2D eigenvalue weighted by atomic mass is 10.3. The van der Waals surface area contributed by atoms with Crippen molar-refractivity contribution in [1.82, 2.24) is 9.97 Å². The van der Waals surface area contributed by atoms with Crippen molar-refractivity contribution in [3.63, 3.8) is 0 Å². The van der Waals surface area contributed by atoms with E-state index in [-0.39, 0.29) is 22.5 Å². The molecule has 1 aromatic heterocycles. The molecule has 88 valence electrons. The van der Waals surface area contributed by atoms with E-state index in [2.05, 4.69) is 9.97 Å². The number of aromatic nitrogens is 2. The van der Waals surface area contributed by atoms with Gasteiger partial charge in [-0.3, -0.25) is 0 Å². The van der Waals surface area contributed by atoms with Crippen LogP contribution in [0.5, 0.6) is 11.6 Å². The van der Waals surface area contributed by atoms with Crippen LogP contribution in [0.3, 0.4) is 0 Å². The normalized spacial score (nSPS) is 10.3. The number of hydrogen-bond donors (Lipinski definition) is 1. The van der Waals surface area contributed by atoms with Crippen LogP contribution in [0.25, 0.3) is 0 Å². The third kappa shape index (κ3) is 2.29. The maximum Gasteiger partial charge on any atom is 0.227 e. The Morgan fingerprint density at radius 3 is 2.88 bits per heavy atom. The van der Waals surface area contributed by atoms with Gasteiger partial charge in [0, 0.05) is 0 Å². The maximum atomic E-state index is 13.6. The molecule has 0 amide bonds. The zero-order valence-corrected chi connectivity index (χ0v) is 9.70. The van der Waals surface area contributed by atoms with Crippen LogP contribution in [0.15, 0.2) is 24.5 Å². The van der Waals surface area contributed by atoms with E-state index in [1.54, 1.807) is 13.0 Å². The number of nitrogens with two attached hydrogens (primary N) is 1. The Kier molecular flexibility index (Phi) is 3.10. The lowest BCUT2D eigenvalue weighted by molar-refractivity contribution is 0.424. The number of rotatable bonds is 2. The van der Waals surface area contributed by atoms with Gasteiger partial charge in [-0.05, 0) is 19.1 Å². The summed E-state index contributed by atoms with van der Waals surface area (Å²) in [7, 11) is 0. The van der Waals surface area contributed by atoms with Crippen molar-refractivity contribution in [2.24, 2.45) is 0 Å². The van der Waals surface area contributed by atoms with Crippen LogP contribution in [-0.4, -0.2) is 9.97 Å². The van der Waals surface area contributed by atoms with E-state index < -0.39 is 5.82 Å². The zero-order chi connectivity index (χ0) is 12.4. The fourth-order valence-corrected chi connectivity index (χ4v) is 1.38. The van der Waals surface area contributed by atoms with E-state index in [1.165, 1.54) is 18.5 Å². The van der Waals surface area contributed by atoms with Gasteiger partial charge in [-0.25, -0.2) is 14.4 Å². The molecular formula is C11H9ClFN3O. The Labute approximate surface area is 102 Å². The van der Waals surface area contributed by atoms with Crippen LogP contribution in [-0.2, 0) is 0 Å². The van der Waals surface area contributed by atoms with Crippen molar-refractivity contribution < 1.29 is 9.13 Å². The summed E-state index contributed by atoms with van der Waals surface area (Å²) in [5, 5.41) is -0.0119. The highest BCUT2D eigenvalue weighted by Gasteiger charge is 2.11. The highest BCUT2D eigenvalue weighted by molar-refractivity contribution is 6.30. The second-order valence-electron chi connectivity index (χ2n) is 3.34. The molecule has 2 N–H and O–H groups in total. The molecule has 0 unspecified atom stereocenters. The number of nitrogen functional groups attached to an aromatic ring is 1. The Morgan fingerprint density at radius 2 is 2.12 bits per heavy atom. The van der Waals surface area contributed by atoms with Gasteiger partial charge in [0.25, 0.3) is 0 Å². The van der Waals surface area contributed by atoms with Crippen LogP contribution in [0, 0.1) is 12.7 Å². The van der Waals surface area contributed by atoms with Crippen LogP contribution >= 0.6 is 11.6 Å². The molecule has 1 aromatic carbocycles. The summed E-state index contributed by atoms with van der Waals surface area (Å²) in [4.78, 5) is 7.67. The van der Waals surface area contributed by atoms with Crippen molar-refractivity contribution in [2.75, 3.05) is 5.73 Å². The van der Waals surface area contributed by atoms with E-state index in [4.69, 9.17) is 22.1 Å². The Bertz CT molecular complexity index is 513. The van der Waals surface area contributed by atoms with Gasteiger partial charge in [-0.15, -0.1) is 0 Å². The van der Waals surface area contributed by atoms with Crippen molar-refractivity contribution in [3.8, 4) is 11.6 Å². The molecule has 0 saturated heterocycles. The maximum absolute atomic E-state index is 13.6. The summed E-state index contributed by atoms with van der Waals surface area (Å²) in [6, 6.07) is 4.48. The minimum atomic E-state index is -0.634. The van der Waals surface area contributed by atoms with E-state index in [9.17, 15) is 4.39 Å². The van der Waals surface area contributed by atoms with Gasteiger partial charge in [0.15, 0.2) is 11.6 Å². The van der Waals surface area contributed by atoms with Crippen molar-refractivity contribution in [3.05, 3.63) is 40.9 Å². The summed E-state index contributed by atoms with van der Waals surface area (Å²) < 4.78 is 18.9. The topological polar surface area (TPSA) is 61.0 Å². The molecule has 0 atom stereocenters. The van der Waals surface area contributed by atoms with E-state index in [1.807, 2.05) is 0 Å². The van der Waals surface area contributed by atoms with Gasteiger partial charge in [-0.1, -0.05) is 17.7 Å². The summed E-state index contributed by atoms with van der Waals surface area (Å²) in [6.45, 7) is 1.69. The average Bonchev–Trinajstić information content (AvgIpc) is 2.31. The highest BCUT2D eigenvalue weighted by atomic mass is 35.5. The van der Waals surface area contributed by atoms with E-state index >= 15 is 0 Å². The van der Waals surface area contributed by atoms with Gasteiger partial charge in [0.1, 0.15) is 12.1 Å². The molecule has 0 saturated carbocycles. The molecule has 17 heavy (non-hydrogen) atoms. The molecule has 6 heteroatoms. The monoisotopic (exact) mass is 253 g/mol. The predicted molar refractivity (Wildman–Crippen MR) is 62.7 cm³/mol. The largest absolute Gasteiger partial charge is 0.435 e. The molecule has 0 aliphatic carbocycles. The number of ether oxygens (including phenoxy) is 1. The zero-order valence-electron chi connectivity index (χ0n) is 8.95. The van der Waals surface area contributed by atoms with Gasteiger partial charge in [0.2, 0.25) is 5.88 Å². The SMILES string of the molecule is Cc1c(N)ncnc1Oc1cccc(Cl)c1F. The second-order valence-corrected chi connectivity index (χ2v) is 3.75. The fourth-order valence-electron chi connectivity index (χ4n) is 1.22. The summed E-state index contributed by atoms with van der Waals surface area (Å²) in [5.74, 6) is -0.138. The lowest BCUT2D eigenvalue weighted by Crippen LogP contribution is -1.99. The Hall–Kier alpha value is -1.88. The van der Waals surface area contributed by atoms with Gasteiger partial charge in [-0.2, -0.15) is 0 Å². The first-order chi connectivity index (χ1) is 8.09. The van der Waals surface area contributed by atoms with Crippen molar-refractivity contribution >= 4 is 17.4 Å². The van der Waals surface area contributed by atoms with Gasteiger partial charge >= 0.3 is 0 Å². The van der Waals surface area contributed by atoms with Crippen LogP contribution in [0.1, 0.15) is 5.56 Å². The quantitative estimate of drug-likeness (QED) is 0.894. The first kappa shape index (κ1) is 11.6. The molecule has 0 aliphatic heterocycles. The van der Waals surface area contributed by atoms with Crippen LogP contribution < -0.4 is 10.5 Å². The van der Waals surface area contributed by atoms with Gasteiger partial charge in [0.05, 0.1) is 10.6 Å². The summed E-state index contributed by atoms with van der Waals surface area (Å²) >= 11 is 5.64. The smallest absolute Gasteiger partial charge is 0.227 e. The molecule has 0 radical (unpaired) electrons. The summed E-state index contributed by atoms with van der Waals surface area (Å²) in [6.07, 6.45) is 1.25. The van der Waals surface area contributed by atoms with Crippen molar-refractivity contribution in [1.29, 1.82) is 0 Å². The molecule has 0 aliphatic rings. The lowest BCUT2D eigenvalue weighted by Gasteiger charge is -2.09. The standard InChI is InChI=1S/C11H9ClFN3O/c1-6-10(14)15-5-16-11(6)17-8-4-2-3-7(12)9(8)13/h2-5H,1H3,(H2,14,15,16). The second kappa shape index (κ2) is 4.55. The average molecular weight is 254 g/mol. The molecule has 0 spiro atoms. The minimum absolute atomic E-state index is 0.00120. The van der Waals surface area contributed by atoms with Crippen LogP contribution in [0.2, 0.25) is 5.02 Å². The number of hydrogen-bond acceptors (Lipinski definition) is 4. The van der Waals surface area contributed by atoms with E-state index in [0.717, 1.165) is 0 Å². The molecular weight excluding hydrogens is 245 g/mol. The molecule has 4 nitrogen and oxygen atoms in total. The van der Waals surface area contributed by atoms with Crippen LogP contribution in [0.4, 0.5) is 10.2 Å². The first-order valence-electron chi connectivity index (χ1n) is 4.78. The molecule has 0 bridgehead atoms. The molecule has 2 rings (SSSR count). The highest BCUT2D eigenvalue weighted by Crippen LogP contribution is 2.29. The fraction of sp³-hybridized carbons (Fsp3) is 0.0909. The molecule has 1 heterocycles.